The molecule has 5 aromatic rings. The van der Waals surface area contributed by atoms with E-state index in [-0.39, 0.29) is 61.3 Å². The molecule has 16 heteroatoms. The van der Waals surface area contributed by atoms with Crippen molar-refractivity contribution < 1.29 is 24.6 Å². The van der Waals surface area contributed by atoms with Crippen LogP contribution in [0.4, 0.5) is 5.82 Å². The molecule has 0 bridgehead atoms. The predicted molar refractivity (Wildman–Crippen MR) is 235 cm³/mol. The molecule has 7 rings (SSSR count). The van der Waals surface area contributed by atoms with Crippen LogP contribution in [-0.2, 0) is 20.9 Å². The summed E-state index contributed by atoms with van der Waals surface area (Å²) in [5.74, 6) is -0.536. The number of para-hydroxylation sites is 1. The molecule has 61 heavy (non-hydrogen) atoms. The zero-order chi connectivity index (χ0) is 43.3. The van der Waals surface area contributed by atoms with Crippen molar-refractivity contribution in [2.24, 2.45) is 5.41 Å². The van der Waals surface area contributed by atoms with Gasteiger partial charge in [-0.15, -0.1) is 21.5 Å². The van der Waals surface area contributed by atoms with Crippen LogP contribution in [0.1, 0.15) is 76.6 Å². The van der Waals surface area contributed by atoms with E-state index in [1.807, 2.05) is 80.5 Å². The first-order valence-electron chi connectivity index (χ1n) is 21.0. The van der Waals surface area contributed by atoms with Gasteiger partial charge in [0.05, 0.1) is 40.1 Å². The molecule has 15 nitrogen and oxygen atoms in total. The number of amides is 3. The molecule has 0 saturated carbocycles. The summed E-state index contributed by atoms with van der Waals surface area (Å²) in [7, 11) is 0. The number of nitrogens with one attached hydrogen (secondary N) is 2. The molecule has 2 fully saturated rings. The number of phenolic OH excluding ortho intramolecular Hbond substituents is 1. The monoisotopic (exact) mass is 848 g/mol. The highest BCUT2D eigenvalue weighted by Gasteiger charge is 2.44. The van der Waals surface area contributed by atoms with Crippen molar-refractivity contribution in [3.05, 3.63) is 83.8 Å². The number of aromatic nitrogens is 5. The number of rotatable bonds is 14. The first kappa shape index (κ1) is 43.4. The van der Waals surface area contributed by atoms with Gasteiger partial charge in [-0.2, -0.15) is 5.10 Å². The molecule has 3 amide bonds. The lowest BCUT2D eigenvalue weighted by atomic mass is 9.85. The Balaban J connectivity index is 0.886. The lowest BCUT2D eigenvalue weighted by Gasteiger charge is -2.35. The standard InChI is InChI=1S/C45H56N10O5S/c1-28-40(61-27-48-28)30-16-14-29(15-17-30)22-47-43(59)37-20-33(56)26-54(37)44(60)41(45(2,3)4)50-39(58)13-7-8-18-53-19-9-10-32(25-53)55-24-31(23-49-55)35-21-36(51-52-42(35)46)34-11-5-6-12-38(34)57/h5-6,11-12,14-17,21,23-24,27,32-33,37,41,56-57H,7-10,13,18-20,22,25-26H2,1-4H3,(H2,46,52)(H,47,59)(H,50,58)/t32?,33-,37+,41-/m1/s1. The van der Waals surface area contributed by atoms with Gasteiger partial charge in [0.25, 0.3) is 0 Å². The van der Waals surface area contributed by atoms with E-state index in [1.165, 1.54) is 4.90 Å². The summed E-state index contributed by atoms with van der Waals surface area (Å²) in [6, 6.07) is 15.2. The van der Waals surface area contributed by atoms with Crippen molar-refractivity contribution in [3.8, 4) is 38.6 Å². The fraction of sp³-hybridized carbons (Fsp3) is 0.444. The van der Waals surface area contributed by atoms with Crippen LogP contribution < -0.4 is 16.4 Å². The number of benzene rings is 2. The Labute approximate surface area is 360 Å². The molecule has 1 unspecified atom stereocenters. The summed E-state index contributed by atoms with van der Waals surface area (Å²) >= 11 is 1.58. The normalized spacial score (nSPS) is 18.8. The van der Waals surface area contributed by atoms with Gasteiger partial charge in [0, 0.05) is 55.4 Å². The Morgan fingerprint density at radius 1 is 1.02 bits per heavy atom. The van der Waals surface area contributed by atoms with Crippen LogP contribution in [0.5, 0.6) is 5.75 Å². The van der Waals surface area contributed by atoms with Crippen molar-refractivity contribution >= 4 is 34.9 Å². The maximum absolute atomic E-state index is 14.1. The topological polar surface area (TPSA) is 205 Å². The highest BCUT2D eigenvalue weighted by atomic mass is 32.1. The van der Waals surface area contributed by atoms with Crippen molar-refractivity contribution in [1.29, 1.82) is 0 Å². The number of thiazole rings is 1. The number of carbonyl (C=O) groups is 3. The second kappa shape index (κ2) is 18.9. The van der Waals surface area contributed by atoms with E-state index < -0.39 is 23.6 Å². The molecule has 2 saturated heterocycles. The smallest absolute Gasteiger partial charge is 0.246 e. The predicted octanol–water partition coefficient (Wildman–Crippen LogP) is 5.34. The Kier molecular flexibility index (Phi) is 13.4. The molecular formula is C45H56N10O5S. The number of anilines is 1. The van der Waals surface area contributed by atoms with Crippen LogP contribution in [0.25, 0.3) is 32.8 Å². The minimum atomic E-state index is -0.875. The maximum Gasteiger partial charge on any atom is 0.246 e. The van der Waals surface area contributed by atoms with Crippen LogP contribution in [0.15, 0.2) is 72.5 Å². The summed E-state index contributed by atoms with van der Waals surface area (Å²) in [4.78, 5) is 50.2. The van der Waals surface area contributed by atoms with Gasteiger partial charge in [-0.3, -0.25) is 19.1 Å². The average molecular weight is 849 g/mol. The van der Waals surface area contributed by atoms with Crippen LogP contribution in [0.2, 0.25) is 0 Å². The van der Waals surface area contributed by atoms with E-state index in [2.05, 4.69) is 35.8 Å². The molecular weight excluding hydrogens is 793 g/mol. The van der Waals surface area contributed by atoms with Crippen LogP contribution in [-0.4, -0.2) is 107 Å². The number of phenols is 1. The molecule has 2 aliphatic heterocycles. The molecule has 2 aliphatic rings. The number of aliphatic hydroxyl groups excluding tert-OH is 1. The van der Waals surface area contributed by atoms with Crippen LogP contribution in [0, 0.1) is 12.3 Å². The summed E-state index contributed by atoms with van der Waals surface area (Å²) in [5.41, 5.74) is 13.0. The summed E-state index contributed by atoms with van der Waals surface area (Å²) in [5, 5.41) is 39.9. The highest BCUT2D eigenvalue weighted by Crippen LogP contribution is 2.33. The Bertz CT molecular complexity index is 2320. The van der Waals surface area contributed by atoms with Crippen molar-refractivity contribution in [1.82, 2.24) is 45.4 Å². The summed E-state index contributed by atoms with van der Waals surface area (Å²) < 4.78 is 1.98. The molecule has 0 radical (unpaired) electrons. The van der Waals surface area contributed by atoms with Gasteiger partial charge in [-0.1, -0.05) is 57.2 Å². The van der Waals surface area contributed by atoms with Crippen LogP contribution in [0.3, 0.4) is 0 Å². The Hall–Kier alpha value is -5.71. The van der Waals surface area contributed by atoms with Crippen molar-refractivity contribution in [2.75, 3.05) is 31.9 Å². The van der Waals surface area contributed by atoms with E-state index >= 15 is 0 Å². The fourth-order valence-electron chi connectivity index (χ4n) is 8.22. The number of hydrogen-bond donors (Lipinski definition) is 5. The number of carbonyl (C=O) groups excluding carboxylic acids is 3. The number of likely N-dealkylation sites (tertiary alicyclic amines) is 2. The average Bonchev–Trinajstić information content (AvgIpc) is 4.01. The van der Waals surface area contributed by atoms with E-state index in [1.54, 1.807) is 35.7 Å². The fourth-order valence-corrected chi connectivity index (χ4v) is 9.03. The Morgan fingerprint density at radius 3 is 2.54 bits per heavy atom. The lowest BCUT2D eigenvalue weighted by molar-refractivity contribution is -0.144. The number of nitrogens with zero attached hydrogens (tertiary/aromatic N) is 7. The number of nitrogens with two attached hydrogens (primary N) is 1. The van der Waals surface area contributed by atoms with Crippen LogP contribution >= 0.6 is 11.3 Å². The molecule has 3 aromatic heterocycles. The molecule has 6 N–H and O–H groups in total. The molecule has 4 atom stereocenters. The SMILES string of the molecule is Cc1ncsc1-c1ccc(CNC(=O)[C@@H]2C[C@@H](O)CN2C(=O)[C@@H](NC(=O)CCCCN2CCCC(n3cc(-c4cc(-c5ccccc5O)nnc4N)cn3)C2)C(C)(C)C)cc1. The van der Waals surface area contributed by atoms with Crippen molar-refractivity contribution in [3.63, 3.8) is 0 Å². The first-order valence-corrected chi connectivity index (χ1v) is 21.9. The quantitative estimate of drug-likeness (QED) is 0.0903. The minimum Gasteiger partial charge on any atom is -0.507 e. The number of aliphatic hydroxyl groups is 1. The summed E-state index contributed by atoms with van der Waals surface area (Å²) in [6.07, 6.45) is 6.76. The number of hydrogen-bond acceptors (Lipinski definition) is 12. The first-order chi connectivity index (χ1) is 29.2. The van der Waals surface area contributed by atoms with E-state index in [0.717, 1.165) is 66.2 Å². The second-order valence-electron chi connectivity index (χ2n) is 17.3. The third-order valence-electron chi connectivity index (χ3n) is 11.6. The van der Waals surface area contributed by atoms with Gasteiger partial charge >= 0.3 is 0 Å². The molecule has 0 spiro atoms. The number of unbranched alkanes of at least 4 members (excludes halogenated alkanes) is 1. The third kappa shape index (κ3) is 10.4. The van der Waals surface area contributed by atoms with Gasteiger partial charge in [0.2, 0.25) is 17.7 Å². The van der Waals surface area contributed by atoms with Gasteiger partial charge in [0.1, 0.15) is 17.8 Å². The number of β-amino-alcohol motifs (C(OH)–C–C–N with tert-alkyl or cyclic N) is 1. The number of aryl methyl sites for hydroxylation is 1. The molecule has 0 aliphatic carbocycles. The number of nitrogen functional groups attached to an aromatic ring is 1. The summed E-state index contributed by atoms with van der Waals surface area (Å²) in [6.45, 7) is 10.5. The Morgan fingerprint density at radius 2 is 1.80 bits per heavy atom. The maximum atomic E-state index is 14.1. The van der Waals surface area contributed by atoms with Gasteiger partial charge in [-0.25, -0.2) is 4.98 Å². The second-order valence-corrected chi connectivity index (χ2v) is 18.1. The van der Waals surface area contributed by atoms with E-state index in [0.29, 0.717) is 23.2 Å². The lowest BCUT2D eigenvalue weighted by Crippen LogP contribution is -2.57. The minimum absolute atomic E-state index is 0.0223. The third-order valence-corrected chi connectivity index (χ3v) is 12.6. The number of piperidine rings is 1. The largest absolute Gasteiger partial charge is 0.507 e. The zero-order valence-corrected chi connectivity index (χ0v) is 36.1. The van der Waals surface area contributed by atoms with E-state index in [9.17, 15) is 24.6 Å². The van der Waals surface area contributed by atoms with Gasteiger partial charge in [-0.05, 0) is 80.4 Å². The van der Waals surface area contributed by atoms with Gasteiger partial charge in [0.15, 0.2) is 5.82 Å². The molecule has 322 valence electrons. The molecule has 5 heterocycles. The van der Waals surface area contributed by atoms with E-state index in [4.69, 9.17) is 5.73 Å². The van der Waals surface area contributed by atoms with Crippen molar-refractivity contribution in [2.45, 2.75) is 97.0 Å². The zero-order valence-electron chi connectivity index (χ0n) is 35.3. The highest BCUT2D eigenvalue weighted by molar-refractivity contribution is 7.13. The molecule has 2 aromatic carbocycles. The number of aromatic hydroxyl groups is 1. The van der Waals surface area contributed by atoms with Gasteiger partial charge < -0.3 is 36.4 Å².